The molecule has 0 fully saturated rings. The molecule has 0 aliphatic carbocycles. The van der Waals surface area contributed by atoms with Crippen LogP contribution >= 0.6 is 11.8 Å². The van der Waals surface area contributed by atoms with Gasteiger partial charge < -0.3 is 9.67 Å². The second-order valence-corrected chi connectivity index (χ2v) is 5.14. The number of imidazole rings is 1. The third-order valence-corrected chi connectivity index (χ3v) is 4.11. The molecule has 0 spiro atoms. The Labute approximate surface area is 115 Å². The largest absolute Gasteiger partial charge is 0.390 e. The van der Waals surface area contributed by atoms with Crippen LogP contribution < -0.4 is 0 Å². The van der Waals surface area contributed by atoms with E-state index in [0.717, 1.165) is 26.6 Å². The second kappa shape index (κ2) is 5.03. The van der Waals surface area contributed by atoms with Crippen LogP contribution in [0.15, 0.2) is 52.9 Å². The lowest BCUT2D eigenvalue weighted by Crippen LogP contribution is -1.97. The van der Waals surface area contributed by atoms with E-state index in [1.807, 2.05) is 29.8 Å². The number of aliphatic hydroxyl groups is 1. The number of nitrogens with zero attached hydrogens (tertiary/aromatic N) is 3. The Morgan fingerprint density at radius 2 is 2.05 bits per heavy atom. The monoisotopic (exact) mass is 271 g/mol. The average Bonchev–Trinajstić information content (AvgIpc) is 2.80. The molecule has 4 nitrogen and oxygen atoms in total. The first-order valence-corrected chi connectivity index (χ1v) is 6.74. The van der Waals surface area contributed by atoms with Gasteiger partial charge in [-0.3, -0.25) is 0 Å². The molecular formula is C14H13N3OS. The van der Waals surface area contributed by atoms with E-state index in [2.05, 4.69) is 22.1 Å². The van der Waals surface area contributed by atoms with Gasteiger partial charge in [-0.1, -0.05) is 24.3 Å². The molecule has 5 heteroatoms. The third-order valence-electron chi connectivity index (χ3n) is 3.03. The van der Waals surface area contributed by atoms with Crippen LogP contribution in [0.2, 0.25) is 0 Å². The summed E-state index contributed by atoms with van der Waals surface area (Å²) in [6.45, 7) is -0.00692. The van der Waals surface area contributed by atoms with Crippen molar-refractivity contribution in [2.75, 3.05) is 0 Å². The van der Waals surface area contributed by atoms with Crippen LogP contribution in [0.4, 0.5) is 0 Å². The Bertz CT molecular complexity index is 718. The lowest BCUT2D eigenvalue weighted by Gasteiger charge is -2.06. The number of aromatic nitrogens is 3. The Hall–Kier alpha value is -1.85. The van der Waals surface area contributed by atoms with Crippen molar-refractivity contribution >= 4 is 22.5 Å². The number of hydrogen-bond acceptors (Lipinski definition) is 4. The summed E-state index contributed by atoms with van der Waals surface area (Å²) in [4.78, 5) is 8.74. The van der Waals surface area contributed by atoms with Gasteiger partial charge in [0.25, 0.3) is 0 Å². The summed E-state index contributed by atoms with van der Waals surface area (Å²) in [7, 11) is 1.89. The normalized spacial score (nSPS) is 11.1. The average molecular weight is 271 g/mol. The van der Waals surface area contributed by atoms with Crippen LogP contribution in [0.1, 0.15) is 5.69 Å². The van der Waals surface area contributed by atoms with Crippen molar-refractivity contribution in [1.29, 1.82) is 0 Å². The van der Waals surface area contributed by atoms with Gasteiger partial charge >= 0.3 is 0 Å². The van der Waals surface area contributed by atoms with Crippen LogP contribution in [0.5, 0.6) is 0 Å². The molecule has 3 rings (SSSR count). The molecule has 0 bridgehead atoms. The number of benzene rings is 1. The summed E-state index contributed by atoms with van der Waals surface area (Å²) in [5.74, 6) is 0. The van der Waals surface area contributed by atoms with Gasteiger partial charge in [-0.2, -0.15) is 0 Å². The van der Waals surface area contributed by atoms with Crippen molar-refractivity contribution in [3.05, 3.63) is 48.4 Å². The lowest BCUT2D eigenvalue weighted by molar-refractivity contribution is 0.271. The molecule has 1 aromatic carbocycles. The predicted octanol–water partition coefficient (Wildman–Crippen LogP) is 2.61. The number of pyridine rings is 1. The molecule has 19 heavy (non-hydrogen) atoms. The maximum Gasteiger partial charge on any atom is 0.174 e. The minimum absolute atomic E-state index is 0.00692. The molecule has 96 valence electrons. The van der Waals surface area contributed by atoms with E-state index in [-0.39, 0.29) is 6.61 Å². The molecule has 0 saturated carbocycles. The highest BCUT2D eigenvalue weighted by Crippen LogP contribution is 2.30. The molecule has 0 unspecified atom stereocenters. The van der Waals surface area contributed by atoms with Crippen molar-refractivity contribution in [2.24, 2.45) is 7.05 Å². The highest BCUT2D eigenvalue weighted by atomic mass is 32.2. The Morgan fingerprint density at radius 3 is 2.84 bits per heavy atom. The fourth-order valence-electron chi connectivity index (χ4n) is 1.93. The zero-order valence-corrected chi connectivity index (χ0v) is 11.3. The molecule has 0 amide bonds. The standard InChI is InChI=1S/C14H13N3OS/c1-17-11(9-18)8-16-14(17)19-13-12-5-3-2-4-10(12)6-7-15-13/h2-8,18H,9H2,1H3. The van der Waals surface area contributed by atoms with E-state index in [1.54, 1.807) is 12.4 Å². The fraction of sp³-hybridized carbons (Fsp3) is 0.143. The Balaban J connectivity index is 2.03. The van der Waals surface area contributed by atoms with Gasteiger partial charge in [-0.15, -0.1) is 0 Å². The van der Waals surface area contributed by atoms with Crippen molar-refractivity contribution < 1.29 is 5.11 Å². The van der Waals surface area contributed by atoms with Crippen LogP contribution in [0.25, 0.3) is 10.8 Å². The molecule has 0 radical (unpaired) electrons. The fourth-order valence-corrected chi connectivity index (χ4v) is 2.87. The van der Waals surface area contributed by atoms with E-state index in [9.17, 15) is 5.11 Å². The molecular weight excluding hydrogens is 258 g/mol. The van der Waals surface area contributed by atoms with E-state index in [1.165, 1.54) is 11.8 Å². The van der Waals surface area contributed by atoms with Crippen LogP contribution in [0.3, 0.4) is 0 Å². The van der Waals surface area contributed by atoms with E-state index < -0.39 is 0 Å². The zero-order chi connectivity index (χ0) is 13.2. The quantitative estimate of drug-likeness (QED) is 0.795. The predicted molar refractivity (Wildman–Crippen MR) is 75.0 cm³/mol. The van der Waals surface area contributed by atoms with Gasteiger partial charge in [0.05, 0.1) is 18.5 Å². The number of hydrogen-bond donors (Lipinski definition) is 1. The first kappa shape index (κ1) is 12.2. The van der Waals surface area contributed by atoms with Gasteiger partial charge in [0.1, 0.15) is 5.03 Å². The lowest BCUT2D eigenvalue weighted by atomic mass is 10.2. The maximum absolute atomic E-state index is 9.18. The summed E-state index contributed by atoms with van der Waals surface area (Å²) >= 11 is 1.51. The van der Waals surface area contributed by atoms with E-state index in [4.69, 9.17) is 0 Å². The van der Waals surface area contributed by atoms with Crippen molar-refractivity contribution in [3.8, 4) is 0 Å². The van der Waals surface area contributed by atoms with Gasteiger partial charge in [0.2, 0.25) is 0 Å². The van der Waals surface area contributed by atoms with Gasteiger partial charge in [0.15, 0.2) is 5.16 Å². The molecule has 2 heterocycles. The first-order chi connectivity index (χ1) is 9.29. The van der Waals surface area contributed by atoms with Crippen molar-refractivity contribution in [1.82, 2.24) is 14.5 Å². The maximum atomic E-state index is 9.18. The number of aliphatic hydroxyl groups excluding tert-OH is 1. The van der Waals surface area contributed by atoms with Gasteiger partial charge in [0, 0.05) is 18.6 Å². The molecule has 3 aromatic rings. The second-order valence-electron chi connectivity index (χ2n) is 4.19. The Morgan fingerprint density at radius 1 is 1.21 bits per heavy atom. The van der Waals surface area contributed by atoms with Crippen LogP contribution in [-0.4, -0.2) is 19.6 Å². The number of fused-ring (bicyclic) bond motifs is 1. The summed E-state index contributed by atoms with van der Waals surface area (Å²) in [5.41, 5.74) is 0.794. The molecule has 1 N–H and O–H groups in total. The third kappa shape index (κ3) is 2.22. The molecule has 0 saturated heterocycles. The van der Waals surface area contributed by atoms with Crippen LogP contribution in [0, 0.1) is 0 Å². The highest BCUT2D eigenvalue weighted by molar-refractivity contribution is 7.99. The van der Waals surface area contributed by atoms with E-state index in [0.29, 0.717) is 0 Å². The first-order valence-electron chi connectivity index (χ1n) is 5.92. The van der Waals surface area contributed by atoms with Crippen LogP contribution in [-0.2, 0) is 13.7 Å². The summed E-state index contributed by atoms with van der Waals surface area (Å²) < 4.78 is 1.88. The van der Waals surface area contributed by atoms with Crippen molar-refractivity contribution in [2.45, 2.75) is 16.8 Å². The van der Waals surface area contributed by atoms with Gasteiger partial charge in [-0.25, -0.2) is 9.97 Å². The van der Waals surface area contributed by atoms with Gasteiger partial charge in [-0.05, 0) is 23.2 Å². The minimum Gasteiger partial charge on any atom is -0.390 e. The minimum atomic E-state index is -0.00692. The molecule has 0 atom stereocenters. The highest BCUT2D eigenvalue weighted by Gasteiger charge is 2.10. The molecule has 0 aliphatic heterocycles. The smallest absolute Gasteiger partial charge is 0.174 e. The zero-order valence-electron chi connectivity index (χ0n) is 10.4. The van der Waals surface area contributed by atoms with E-state index >= 15 is 0 Å². The van der Waals surface area contributed by atoms with Crippen molar-refractivity contribution in [3.63, 3.8) is 0 Å². The SMILES string of the molecule is Cn1c(CO)cnc1Sc1nccc2ccccc12. The summed E-state index contributed by atoms with van der Waals surface area (Å²) in [6.07, 6.45) is 3.49. The Kier molecular flexibility index (Phi) is 3.23. The molecule has 0 aliphatic rings. The topological polar surface area (TPSA) is 50.9 Å². The summed E-state index contributed by atoms with van der Waals surface area (Å²) in [6, 6.07) is 10.1. The molecule has 2 aromatic heterocycles. The summed E-state index contributed by atoms with van der Waals surface area (Å²) in [5, 5.41) is 13.2. The number of rotatable bonds is 3.